The lowest BCUT2D eigenvalue weighted by Gasteiger charge is -2.44. The highest BCUT2D eigenvalue weighted by Crippen LogP contribution is 2.41. The van der Waals surface area contributed by atoms with Crippen LogP contribution in [0.2, 0.25) is 0 Å². The van der Waals surface area contributed by atoms with E-state index >= 15 is 0 Å². The fourth-order valence-corrected chi connectivity index (χ4v) is 5.25. The number of hydrogen-bond donors (Lipinski definition) is 0. The van der Waals surface area contributed by atoms with Crippen molar-refractivity contribution in [3.05, 3.63) is 41.3 Å². The van der Waals surface area contributed by atoms with Crippen LogP contribution in [0.5, 0.6) is 0 Å². The average Bonchev–Trinajstić information content (AvgIpc) is 3.04. The molecule has 1 atom stereocenters. The molecular formula is C16H18FN3S2. The van der Waals surface area contributed by atoms with Gasteiger partial charge in [-0.25, -0.2) is 4.39 Å². The van der Waals surface area contributed by atoms with E-state index in [4.69, 9.17) is 0 Å². The van der Waals surface area contributed by atoms with Crippen LogP contribution in [0, 0.1) is 11.7 Å². The first-order valence-electron chi connectivity index (χ1n) is 7.71. The number of fused-ring (bicyclic) bond motifs is 3. The molecule has 3 aliphatic rings. The van der Waals surface area contributed by atoms with E-state index in [0.29, 0.717) is 5.92 Å². The van der Waals surface area contributed by atoms with E-state index in [1.54, 1.807) is 11.8 Å². The minimum Gasteiger partial charge on any atom is -0.303 e. The second-order valence-electron chi connectivity index (χ2n) is 6.11. The number of halogens is 1. The van der Waals surface area contributed by atoms with Crippen molar-refractivity contribution in [2.24, 2.45) is 5.92 Å². The van der Waals surface area contributed by atoms with E-state index in [-0.39, 0.29) is 5.82 Å². The molecule has 3 aliphatic heterocycles. The monoisotopic (exact) mass is 335 g/mol. The lowest BCUT2D eigenvalue weighted by Crippen LogP contribution is -2.46. The van der Waals surface area contributed by atoms with E-state index in [1.807, 2.05) is 12.1 Å². The third kappa shape index (κ3) is 2.92. The Kier molecular flexibility index (Phi) is 4.15. The number of piperidine rings is 3. The van der Waals surface area contributed by atoms with Gasteiger partial charge < -0.3 is 4.90 Å². The molecule has 3 fully saturated rings. The van der Waals surface area contributed by atoms with Gasteiger partial charge in [-0.05, 0) is 49.5 Å². The van der Waals surface area contributed by atoms with Gasteiger partial charge in [0, 0.05) is 18.2 Å². The van der Waals surface area contributed by atoms with Crippen LogP contribution >= 0.6 is 23.5 Å². The maximum absolute atomic E-state index is 13.0. The number of hydrogen-bond acceptors (Lipinski definition) is 5. The first kappa shape index (κ1) is 14.6. The molecule has 0 saturated carbocycles. The standard InChI is InChI=1S/C16H18FN3S2/c17-13-3-1-11(2-4-13)10-21-16-15(18-22-19-16)14-9-20-7-5-12(14)6-8-20/h1-4,12,14H,5-10H2. The van der Waals surface area contributed by atoms with Crippen LogP contribution in [0.15, 0.2) is 29.3 Å². The zero-order chi connectivity index (χ0) is 14.9. The van der Waals surface area contributed by atoms with Crippen molar-refractivity contribution in [1.82, 2.24) is 13.6 Å². The van der Waals surface area contributed by atoms with Crippen LogP contribution in [-0.4, -0.2) is 33.3 Å². The van der Waals surface area contributed by atoms with Gasteiger partial charge >= 0.3 is 0 Å². The van der Waals surface area contributed by atoms with Crippen LogP contribution in [-0.2, 0) is 5.75 Å². The third-order valence-corrected chi connectivity index (χ3v) is 6.49. The predicted octanol–water partition coefficient (Wildman–Crippen LogP) is 3.78. The molecule has 5 rings (SSSR count). The van der Waals surface area contributed by atoms with Crippen molar-refractivity contribution in [2.75, 3.05) is 19.6 Å². The molecule has 0 radical (unpaired) electrons. The Hall–Kier alpha value is -0.980. The molecule has 3 nitrogen and oxygen atoms in total. The second-order valence-corrected chi connectivity index (χ2v) is 7.61. The molecule has 1 aromatic carbocycles. The Labute approximate surface area is 138 Å². The molecule has 0 N–H and O–H groups in total. The quantitative estimate of drug-likeness (QED) is 0.795. The average molecular weight is 335 g/mol. The van der Waals surface area contributed by atoms with E-state index in [0.717, 1.165) is 28.8 Å². The van der Waals surface area contributed by atoms with Gasteiger partial charge in [0.1, 0.15) is 10.8 Å². The topological polar surface area (TPSA) is 29.0 Å². The highest BCUT2D eigenvalue weighted by molar-refractivity contribution is 7.98. The zero-order valence-electron chi connectivity index (χ0n) is 12.2. The minimum atomic E-state index is -0.183. The SMILES string of the molecule is Fc1ccc(CSc2nsnc2C2CN3CCC2CC3)cc1. The number of nitrogens with zero attached hydrogens (tertiary/aromatic N) is 3. The summed E-state index contributed by atoms with van der Waals surface area (Å²) in [6, 6.07) is 6.72. The van der Waals surface area contributed by atoms with Crippen LogP contribution in [0.3, 0.4) is 0 Å². The van der Waals surface area contributed by atoms with Gasteiger partial charge in [-0.15, -0.1) is 0 Å². The molecule has 22 heavy (non-hydrogen) atoms. The molecule has 4 heterocycles. The molecule has 1 unspecified atom stereocenters. The highest BCUT2D eigenvalue weighted by atomic mass is 32.2. The summed E-state index contributed by atoms with van der Waals surface area (Å²) in [7, 11) is 0. The van der Waals surface area contributed by atoms with Crippen molar-refractivity contribution in [3.63, 3.8) is 0 Å². The first-order chi connectivity index (χ1) is 10.8. The van der Waals surface area contributed by atoms with Gasteiger partial charge in [0.2, 0.25) is 0 Å². The van der Waals surface area contributed by atoms with E-state index in [1.165, 1.54) is 55.5 Å². The van der Waals surface area contributed by atoms with Crippen molar-refractivity contribution in [1.29, 1.82) is 0 Å². The summed E-state index contributed by atoms with van der Waals surface area (Å²) in [6.45, 7) is 3.63. The van der Waals surface area contributed by atoms with E-state index < -0.39 is 0 Å². The van der Waals surface area contributed by atoms with Gasteiger partial charge in [-0.3, -0.25) is 0 Å². The Morgan fingerprint density at radius 3 is 2.64 bits per heavy atom. The molecule has 116 valence electrons. The number of thioether (sulfide) groups is 1. The highest BCUT2D eigenvalue weighted by Gasteiger charge is 2.37. The molecule has 6 heteroatoms. The van der Waals surface area contributed by atoms with E-state index in [9.17, 15) is 4.39 Å². The molecule has 2 bridgehead atoms. The zero-order valence-corrected chi connectivity index (χ0v) is 13.9. The van der Waals surface area contributed by atoms with Gasteiger partial charge in [-0.1, -0.05) is 23.9 Å². The fraction of sp³-hybridized carbons (Fsp3) is 0.500. The number of rotatable bonds is 4. The Morgan fingerprint density at radius 1 is 1.18 bits per heavy atom. The maximum Gasteiger partial charge on any atom is 0.134 e. The van der Waals surface area contributed by atoms with Crippen molar-refractivity contribution < 1.29 is 4.39 Å². The lowest BCUT2D eigenvalue weighted by molar-refractivity contribution is 0.0846. The van der Waals surface area contributed by atoms with Gasteiger partial charge in [0.15, 0.2) is 0 Å². The van der Waals surface area contributed by atoms with Crippen LogP contribution in [0.1, 0.15) is 30.0 Å². The Morgan fingerprint density at radius 2 is 1.95 bits per heavy atom. The number of aromatic nitrogens is 2. The molecule has 0 amide bonds. The van der Waals surface area contributed by atoms with Gasteiger partial charge in [-0.2, -0.15) is 8.75 Å². The summed E-state index contributed by atoms with van der Waals surface area (Å²) < 4.78 is 22.1. The van der Waals surface area contributed by atoms with Gasteiger partial charge in [0.25, 0.3) is 0 Å². The molecule has 3 saturated heterocycles. The summed E-state index contributed by atoms with van der Waals surface area (Å²) in [4.78, 5) is 2.55. The second kappa shape index (κ2) is 6.26. The largest absolute Gasteiger partial charge is 0.303 e. The van der Waals surface area contributed by atoms with Crippen LogP contribution < -0.4 is 0 Å². The smallest absolute Gasteiger partial charge is 0.134 e. The lowest BCUT2D eigenvalue weighted by atomic mass is 9.78. The Bertz CT molecular complexity index is 635. The van der Waals surface area contributed by atoms with Crippen LogP contribution in [0.4, 0.5) is 4.39 Å². The van der Waals surface area contributed by atoms with Crippen LogP contribution in [0.25, 0.3) is 0 Å². The summed E-state index contributed by atoms with van der Waals surface area (Å²) in [6.07, 6.45) is 2.59. The van der Waals surface area contributed by atoms with E-state index in [2.05, 4.69) is 13.6 Å². The number of benzene rings is 1. The molecule has 1 aromatic heterocycles. The minimum absolute atomic E-state index is 0.183. The third-order valence-electron chi connectivity index (χ3n) is 4.78. The summed E-state index contributed by atoms with van der Waals surface area (Å²) in [5, 5.41) is 1.08. The maximum atomic E-state index is 13.0. The van der Waals surface area contributed by atoms with Gasteiger partial charge in [0.05, 0.1) is 17.4 Å². The normalized spacial score (nSPS) is 27.2. The predicted molar refractivity (Wildman–Crippen MR) is 87.8 cm³/mol. The first-order valence-corrected chi connectivity index (χ1v) is 9.43. The molecule has 2 aromatic rings. The Balaban J connectivity index is 1.47. The molecule has 0 spiro atoms. The molecular weight excluding hydrogens is 317 g/mol. The van der Waals surface area contributed by atoms with Crippen molar-refractivity contribution >= 4 is 23.5 Å². The molecule has 0 aliphatic carbocycles. The van der Waals surface area contributed by atoms with Crippen molar-refractivity contribution in [3.8, 4) is 0 Å². The summed E-state index contributed by atoms with van der Waals surface area (Å²) in [5.74, 6) is 1.97. The summed E-state index contributed by atoms with van der Waals surface area (Å²) >= 11 is 3.05. The summed E-state index contributed by atoms with van der Waals surface area (Å²) in [5.41, 5.74) is 2.32. The van der Waals surface area contributed by atoms with Crippen molar-refractivity contribution in [2.45, 2.75) is 29.5 Å². The fourth-order valence-electron chi connectivity index (χ4n) is 3.52.